The molecule has 7 N–H and O–H groups in total. The van der Waals surface area contributed by atoms with E-state index in [2.05, 4.69) is 173 Å². The molecule has 361 valence electrons. The number of aliphatic carboxylic acids is 1. The molecule has 0 bridgehead atoms. The normalized spacial score (nSPS) is 14.9. The first-order valence-corrected chi connectivity index (χ1v) is 39.1. The quantitative estimate of drug-likeness (QED) is 0.0296. The average Bonchev–Trinajstić information content (AvgIpc) is 3.74. The molecule has 30 heteroatoms. The fourth-order valence-corrected chi connectivity index (χ4v) is 4.79. The van der Waals surface area contributed by atoms with Crippen LogP contribution in [0.4, 0.5) is 22.7 Å². The second-order valence-corrected chi connectivity index (χ2v) is 27.1. The number of benzene rings is 2. The van der Waals surface area contributed by atoms with E-state index in [-0.39, 0.29) is 139 Å². The molecular weight excluding hydrogens is 1710 g/mol. The molecule has 2 heterocycles. The number of fused-ring (bicyclic) bond motifs is 1. The third-order valence-electron chi connectivity index (χ3n) is 6.99. The van der Waals surface area contributed by atoms with E-state index in [4.69, 9.17) is 43.0 Å². The smallest absolute Gasteiger partial charge is 1.00 e. The van der Waals surface area contributed by atoms with Gasteiger partial charge in [0.05, 0.1) is 18.5 Å². The summed E-state index contributed by atoms with van der Waals surface area (Å²) in [5.74, 6) is -1.53. The number of carboxylic acid groups (broad SMARTS) is 1. The van der Waals surface area contributed by atoms with Gasteiger partial charge < -0.3 is 47.9 Å². The Morgan fingerprint density at radius 2 is 1.57 bits per heavy atom. The molecule has 4 rings (SSSR count). The van der Waals surface area contributed by atoms with Gasteiger partial charge in [-0.15, -0.1) is 0 Å². The number of nitrogens with zero attached hydrogens (tertiary/aromatic N) is 3. The first kappa shape index (κ1) is 85.4. The number of nitrogens with one attached hydrogen (secondary N) is 1. The van der Waals surface area contributed by atoms with Crippen LogP contribution in [0.2, 0.25) is 0 Å². The van der Waals surface area contributed by atoms with Crippen LogP contribution < -0.4 is 119 Å². The molecular formula is C35H48Br2Cl2I5K2N5O12SV. The van der Waals surface area contributed by atoms with Crippen molar-refractivity contribution in [1.29, 1.82) is 0 Å². The first-order chi connectivity index (χ1) is 29.1. The molecule has 0 spiro atoms. The Hall–Kier alpha value is 3.65. The molecule has 3 atom stereocenters. The number of alkyl halides is 3. The monoisotopic (exact) mass is 1750 g/mol. The average molecular weight is 1760 g/mol. The van der Waals surface area contributed by atoms with Crippen molar-refractivity contribution in [1.82, 2.24) is 4.90 Å². The van der Waals surface area contributed by atoms with Crippen LogP contribution in [-0.2, 0) is 52.3 Å². The topological polar surface area (TPSA) is 266 Å². The molecule has 17 nitrogen and oxygen atoms in total. The van der Waals surface area contributed by atoms with Crippen molar-refractivity contribution in [3.05, 3.63) is 70.4 Å². The van der Waals surface area contributed by atoms with Gasteiger partial charge in [0.2, 0.25) is 9.23 Å². The van der Waals surface area contributed by atoms with Crippen LogP contribution in [0.15, 0.2) is 36.4 Å². The minimum absolute atomic E-state index is 0. The second-order valence-electron chi connectivity index (χ2n) is 11.7. The number of hydrogen-bond acceptors (Lipinski definition) is 11. The zero-order valence-electron chi connectivity index (χ0n) is 37.3. The summed E-state index contributed by atoms with van der Waals surface area (Å²) in [5.41, 5.74) is 7.26. The van der Waals surface area contributed by atoms with Crippen LogP contribution in [0, 0.1) is 27.0 Å². The second kappa shape index (κ2) is 53.9. The van der Waals surface area contributed by atoms with E-state index in [9.17, 15) is 24.3 Å². The van der Waals surface area contributed by atoms with Crippen molar-refractivity contribution in [2.24, 2.45) is 0 Å². The van der Waals surface area contributed by atoms with Crippen LogP contribution >= 0.6 is 153 Å². The predicted octanol–water partition coefficient (Wildman–Crippen LogP) is 3.68. The standard InChI is InChI=1S/C12H13BrN2O2.C9H12BrNO3.C8H8N2.C4H8O2.CH3I.CH2O3.Cl2OS.I2.2HI.2K.H2O.V.H/c1-8-6-9(4-5-10(8)14-3)15-11(16)12(2,17)7-13;1-9(5-10)8(13)11-4-2-3-6(11)7(12)14-9;1-6-5-7(9)3-4-8(6)10-2;1-2-3-4(5)6;1-2;2-1-4-3;1-4(2)3;1-2;;;;;;;/h4-6,17H,7H2,1-2H3,(H,15,16);6H,2-5H2,1H3;3-5H,9H2,1H3;2-3H2,1H3,(H,5,6);1H3;1,3H;;;2*1H;;;1H2;;/q;;;;;;;;;;2*+1;;+2;-1/p-3/t12-;6-,9+;;;;;;;;;;;;;/m01............./s1. The largest absolute Gasteiger partial charge is 1.00 e. The number of cyclic esters (lactones) is 1. The number of nitrogens with two attached hydrogens (primary N) is 1. The summed E-state index contributed by atoms with van der Waals surface area (Å²) in [6, 6.07) is 9.93. The molecule has 2 aromatic rings. The summed E-state index contributed by atoms with van der Waals surface area (Å²) in [5, 5.41) is 29.2. The minimum Gasteiger partial charge on any atom is 1.00 e. The Balaban J connectivity index is -0.0000000861. The molecule has 2 aromatic carbocycles. The molecule has 0 saturated carbocycles. The van der Waals surface area contributed by atoms with Crippen molar-refractivity contribution in [2.45, 2.75) is 77.5 Å². The number of hydrogen-bond donors (Lipinski definition) is 4. The van der Waals surface area contributed by atoms with Gasteiger partial charge in [0.25, 0.3) is 18.3 Å². The number of halogens is 9. The Morgan fingerprint density at radius 1 is 1.14 bits per heavy atom. The molecule has 0 aliphatic carbocycles. The summed E-state index contributed by atoms with van der Waals surface area (Å²) in [7, 11) is 7.99. The fourth-order valence-electron chi connectivity index (χ4n) is 4.18. The van der Waals surface area contributed by atoms with Gasteiger partial charge in [-0.2, -0.15) is 0 Å². The van der Waals surface area contributed by atoms with Crippen molar-refractivity contribution in [3.63, 3.8) is 0 Å². The number of rotatable bonds is 7. The summed E-state index contributed by atoms with van der Waals surface area (Å²) in [6.45, 7) is 22.8. The molecule has 0 radical (unpaired) electrons. The number of ether oxygens (including phenoxy) is 1. The Kier molecular flexibility index (Phi) is 70.9. The van der Waals surface area contributed by atoms with Gasteiger partial charge in [0, 0.05) is 88.3 Å². The Labute approximate surface area is 562 Å². The van der Waals surface area contributed by atoms with Gasteiger partial charge in [-0.25, -0.2) is 18.7 Å². The molecule has 2 aliphatic rings. The van der Waals surface area contributed by atoms with Crippen LogP contribution in [0.5, 0.6) is 0 Å². The van der Waals surface area contributed by atoms with Gasteiger partial charge in [0.1, 0.15) is 11.6 Å². The molecule has 2 aliphatic heterocycles. The SMILES string of the molecule is CCCC(=O)O.CI.C[C@@]1(CBr)OC(=O)[C@H]2CCCN2C1=O.II.O.O=CO[O-].O=S(Cl)Cl.[C-]#[N+]c1ccc(N)cc1C.[C-]#[N+]c1ccc(NC(=O)[C@@](C)(O)CBr)cc1C.[H-].[I][V][I].[K+].[K+]. The number of amides is 2. The van der Waals surface area contributed by atoms with Crippen LogP contribution in [0.1, 0.15) is 59.0 Å². The molecule has 2 fully saturated rings. The third-order valence-corrected chi connectivity index (χ3v) is 9.15. The van der Waals surface area contributed by atoms with E-state index in [0.717, 1.165) is 30.4 Å². The molecule has 2 amide bonds. The number of morpholine rings is 1. The van der Waals surface area contributed by atoms with Crippen LogP contribution in [0.3, 0.4) is 0 Å². The van der Waals surface area contributed by atoms with E-state index in [1.165, 1.54) is 6.92 Å². The van der Waals surface area contributed by atoms with E-state index < -0.39 is 32.3 Å². The maximum Gasteiger partial charge on any atom is 1.00 e. The first-order valence-electron chi connectivity index (χ1n) is 16.6. The van der Waals surface area contributed by atoms with Crippen LogP contribution in [-0.4, -0.2) is 94.4 Å². The van der Waals surface area contributed by atoms with E-state index in [0.29, 0.717) is 50.5 Å². The van der Waals surface area contributed by atoms with E-state index in [1.807, 2.05) is 18.8 Å². The summed E-state index contributed by atoms with van der Waals surface area (Å²) in [6.07, 6.45) is 2.65. The number of carboxylic acids is 1. The number of aryl methyl sites for hydroxylation is 2. The number of nitrogen functional groups attached to an aromatic ring is 1. The maximum absolute atomic E-state index is 11.9. The van der Waals surface area contributed by atoms with Crippen molar-refractivity contribution < 1.29 is 172 Å². The number of anilines is 2. The van der Waals surface area contributed by atoms with Crippen molar-refractivity contribution in [3.8, 4) is 0 Å². The van der Waals surface area contributed by atoms with Crippen molar-refractivity contribution >= 4 is 215 Å². The zero-order chi connectivity index (χ0) is 49.6. The van der Waals surface area contributed by atoms with Gasteiger partial charge >= 0.3 is 164 Å². The van der Waals surface area contributed by atoms with Gasteiger partial charge in [-0.05, 0) is 87.3 Å². The Morgan fingerprint density at radius 3 is 1.89 bits per heavy atom. The van der Waals surface area contributed by atoms with Gasteiger partial charge in [-0.3, -0.25) is 19.2 Å². The van der Waals surface area contributed by atoms with Gasteiger partial charge in [-0.1, -0.05) is 73.5 Å². The number of aliphatic hydroxyl groups is 1. The molecule has 0 unspecified atom stereocenters. The summed E-state index contributed by atoms with van der Waals surface area (Å²) >= 11 is 17.4. The van der Waals surface area contributed by atoms with E-state index in [1.54, 1.807) is 55.1 Å². The summed E-state index contributed by atoms with van der Waals surface area (Å²) in [4.78, 5) is 66.3. The fraction of sp³-hybridized carbons (Fsp3) is 0.457. The maximum atomic E-state index is 11.9. The number of carbonyl (C=O) groups is 5. The predicted molar refractivity (Wildman–Crippen MR) is 296 cm³/mol. The summed E-state index contributed by atoms with van der Waals surface area (Å²) < 4.78 is 14.3. The zero-order valence-corrected chi connectivity index (χ0v) is 60.2. The number of carbonyl (C=O) groups excluding carboxylic acids is 4. The minimum atomic E-state index is -1.67. The van der Waals surface area contributed by atoms with Gasteiger partial charge in [0.15, 0.2) is 17.0 Å². The van der Waals surface area contributed by atoms with E-state index >= 15 is 0 Å². The molecule has 0 aromatic heterocycles. The Bertz CT molecular complexity index is 1780. The van der Waals surface area contributed by atoms with Crippen molar-refractivity contribution in [2.75, 3.05) is 33.2 Å². The molecule has 65 heavy (non-hydrogen) atoms. The molecule has 2 saturated heterocycles. The van der Waals surface area contributed by atoms with Crippen LogP contribution in [0.25, 0.3) is 9.69 Å². The third kappa shape index (κ3) is 42.7. The number of esters is 1.